The summed E-state index contributed by atoms with van der Waals surface area (Å²) in [7, 11) is 0. The highest BCUT2D eigenvalue weighted by Gasteiger charge is 2.24. The van der Waals surface area contributed by atoms with Gasteiger partial charge >= 0.3 is 0 Å². The highest BCUT2D eigenvalue weighted by atomic mass is 16.5. The monoisotopic (exact) mass is 275 g/mol. The number of hydrogen-bond acceptors (Lipinski definition) is 4. The number of anilines is 1. The van der Waals surface area contributed by atoms with Crippen LogP contribution in [0.2, 0.25) is 0 Å². The predicted octanol–water partition coefficient (Wildman–Crippen LogP) is 2.26. The first-order valence-corrected chi connectivity index (χ1v) is 7.72. The molecule has 3 rings (SSSR count). The third-order valence-electron chi connectivity index (χ3n) is 4.08. The normalized spacial score (nSPS) is 26.9. The number of aryl methyl sites for hydroxylation is 1. The van der Waals surface area contributed by atoms with Crippen LogP contribution in [-0.2, 0) is 11.3 Å². The molecule has 110 valence electrons. The zero-order valence-corrected chi connectivity index (χ0v) is 12.7. The minimum atomic E-state index is 0.275. The van der Waals surface area contributed by atoms with Crippen molar-refractivity contribution >= 4 is 5.82 Å². The topological polar surface area (TPSA) is 37.4 Å². The van der Waals surface area contributed by atoms with Gasteiger partial charge in [-0.25, -0.2) is 4.98 Å². The van der Waals surface area contributed by atoms with Crippen LogP contribution in [0.3, 0.4) is 0 Å². The van der Waals surface area contributed by atoms with Crippen molar-refractivity contribution in [1.82, 2.24) is 10.3 Å². The van der Waals surface area contributed by atoms with Crippen molar-refractivity contribution in [3.05, 3.63) is 23.4 Å². The van der Waals surface area contributed by atoms with Crippen molar-refractivity contribution in [3.8, 4) is 0 Å². The summed E-state index contributed by atoms with van der Waals surface area (Å²) in [5.74, 6) is 1.08. The Hall–Kier alpha value is -1.13. The average Bonchev–Trinajstić information content (AvgIpc) is 3.20. The van der Waals surface area contributed by atoms with Gasteiger partial charge in [0.25, 0.3) is 0 Å². The van der Waals surface area contributed by atoms with Gasteiger partial charge in [0.1, 0.15) is 5.82 Å². The first-order valence-electron chi connectivity index (χ1n) is 7.72. The van der Waals surface area contributed by atoms with E-state index in [2.05, 4.69) is 43.1 Å². The fraction of sp³-hybridized carbons (Fsp3) is 0.688. The highest BCUT2D eigenvalue weighted by Crippen LogP contribution is 2.22. The van der Waals surface area contributed by atoms with Crippen LogP contribution in [-0.4, -0.2) is 36.3 Å². The molecule has 1 aliphatic heterocycles. The van der Waals surface area contributed by atoms with E-state index in [4.69, 9.17) is 9.72 Å². The zero-order valence-electron chi connectivity index (χ0n) is 12.7. The molecule has 0 bridgehead atoms. The van der Waals surface area contributed by atoms with E-state index in [1.807, 2.05) is 0 Å². The molecule has 2 unspecified atom stereocenters. The van der Waals surface area contributed by atoms with Crippen molar-refractivity contribution in [2.24, 2.45) is 0 Å². The molecule has 0 aromatic carbocycles. The number of pyridine rings is 1. The van der Waals surface area contributed by atoms with Gasteiger partial charge in [-0.05, 0) is 45.2 Å². The average molecular weight is 275 g/mol. The van der Waals surface area contributed by atoms with Crippen LogP contribution in [0.25, 0.3) is 0 Å². The lowest BCUT2D eigenvalue weighted by Gasteiger charge is -2.36. The Bertz CT molecular complexity index is 463. The van der Waals surface area contributed by atoms with E-state index in [1.165, 1.54) is 18.4 Å². The molecule has 1 saturated heterocycles. The third kappa shape index (κ3) is 3.30. The summed E-state index contributed by atoms with van der Waals surface area (Å²) in [5, 5.41) is 3.55. The molecule has 2 atom stereocenters. The van der Waals surface area contributed by atoms with Crippen LogP contribution in [0.15, 0.2) is 12.1 Å². The van der Waals surface area contributed by atoms with Crippen molar-refractivity contribution in [2.45, 2.75) is 58.4 Å². The molecule has 0 radical (unpaired) electrons. The molecule has 4 heteroatoms. The molecular formula is C16H25N3O. The number of rotatable bonds is 4. The van der Waals surface area contributed by atoms with Crippen molar-refractivity contribution in [2.75, 3.05) is 18.0 Å². The minimum Gasteiger partial charge on any atom is -0.372 e. The lowest BCUT2D eigenvalue weighted by Crippen LogP contribution is -2.45. The van der Waals surface area contributed by atoms with E-state index < -0.39 is 0 Å². The summed E-state index contributed by atoms with van der Waals surface area (Å²) in [6.45, 7) is 9.17. The SMILES string of the molecule is Cc1nc(N2CC(C)OC(C)C2)ccc1CNC1CC1. The molecule has 20 heavy (non-hydrogen) atoms. The van der Waals surface area contributed by atoms with E-state index in [-0.39, 0.29) is 12.2 Å². The Morgan fingerprint density at radius 3 is 2.55 bits per heavy atom. The van der Waals surface area contributed by atoms with Gasteiger partial charge in [-0.3, -0.25) is 0 Å². The molecular weight excluding hydrogens is 250 g/mol. The number of hydrogen-bond donors (Lipinski definition) is 1. The van der Waals surface area contributed by atoms with Crippen molar-refractivity contribution < 1.29 is 4.74 Å². The van der Waals surface area contributed by atoms with Gasteiger partial charge in [0, 0.05) is 31.4 Å². The van der Waals surface area contributed by atoms with Crippen LogP contribution in [0.1, 0.15) is 37.9 Å². The van der Waals surface area contributed by atoms with Gasteiger partial charge in [-0.2, -0.15) is 0 Å². The number of ether oxygens (including phenoxy) is 1. The van der Waals surface area contributed by atoms with Crippen LogP contribution in [0.5, 0.6) is 0 Å². The van der Waals surface area contributed by atoms with Gasteiger partial charge in [0.15, 0.2) is 0 Å². The first-order chi connectivity index (χ1) is 9.61. The molecule has 2 fully saturated rings. The number of nitrogens with one attached hydrogen (secondary N) is 1. The lowest BCUT2D eigenvalue weighted by atomic mass is 10.2. The van der Waals surface area contributed by atoms with Crippen molar-refractivity contribution in [1.29, 1.82) is 0 Å². The van der Waals surface area contributed by atoms with Gasteiger partial charge in [-0.1, -0.05) is 6.07 Å². The van der Waals surface area contributed by atoms with Gasteiger partial charge in [0.2, 0.25) is 0 Å². The standard InChI is InChI=1S/C16H25N3O/c1-11-9-19(10-12(2)20-11)16-7-4-14(13(3)18-16)8-17-15-5-6-15/h4,7,11-12,15,17H,5-6,8-10H2,1-3H3. The molecule has 1 aliphatic carbocycles. The Balaban J connectivity index is 1.68. The summed E-state index contributed by atoms with van der Waals surface area (Å²) in [4.78, 5) is 7.13. The Kier molecular flexibility index (Phi) is 3.94. The maximum atomic E-state index is 5.78. The molecule has 0 spiro atoms. The van der Waals surface area contributed by atoms with E-state index in [0.29, 0.717) is 0 Å². The molecule has 1 aromatic heterocycles. The first kappa shape index (κ1) is 13.8. The highest BCUT2D eigenvalue weighted by molar-refractivity contribution is 5.42. The van der Waals surface area contributed by atoms with Crippen LogP contribution >= 0.6 is 0 Å². The Labute approximate surface area is 121 Å². The molecule has 4 nitrogen and oxygen atoms in total. The summed E-state index contributed by atoms with van der Waals surface area (Å²) in [6.07, 6.45) is 3.21. The lowest BCUT2D eigenvalue weighted by molar-refractivity contribution is -0.00546. The second-order valence-corrected chi connectivity index (χ2v) is 6.23. The largest absolute Gasteiger partial charge is 0.372 e. The van der Waals surface area contributed by atoms with Crippen LogP contribution < -0.4 is 10.2 Å². The fourth-order valence-electron chi connectivity index (χ4n) is 2.85. The Morgan fingerprint density at radius 2 is 1.95 bits per heavy atom. The van der Waals surface area contributed by atoms with Crippen molar-refractivity contribution in [3.63, 3.8) is 0 Å². The second kappa shape index (κ2) is 5.70. The molecule has 1 N–H and O–H groups in total. The van der Waals surface area contributed by atoms with Crippen LogP contribution in [0, 0.1) is 6.92 Å². The summed E-state index contributed by atoms with van der Waals surface area (Å²) >= 11 is 0. The van der Waals surface area contributed by atoms with E-state index in [0.717, 1.165) is 37.2 Å². The molecule has 2 aliphatic rings. The second-order valence-electron chi connectivity index (χ2n) is 6.23. The van der Waals surface area contributed by atoms with Gasteiger partial charge < -0.3 is 15.0 Å². The summed E-state index contributed by atoms with van der Waals surface area (Å²) in [6, 6.07) is 5.12. The van der Waals surface area contributed by atoms with E-state index in [9.17, 15) is 0 Å². The zero-order chi connectivity index (χ0) is 14.1. The predicted molar refractivity (Wildman–Crippen MR) is 81.1 cm³/mol. The molecule has 1 saturated carbocycles. The van der Waals surface area contributed by atoms with Gasteiger partial charge in [0.05, 0.1) is 12.2 Å². The number of morpholine rings is 1. The quantitative estimate of drug-likeness (QED) is 0.914. The number of aromatic nitrogens is 1. The molecule has 0 amide bonds. The van der Waals surface area contributed by atoms with Gasteiger partial charge in [-0.15, -0.1) is 0 Å². The summed E-state index contributed by atoms with van der Waals surface area (Å²) < 4.78 is 5.78. The third-order valence-corrected chi connectivity index (χ3v) is 4.08. The van der Waals surface area contributed by atoms with Crippen LogP contribution in [0.4, 0.5) is 5.82 Å². The summed E-state index contributed by atoms with van der Waals surface area (Å²) in [5.41, 5.74) is 2.46. The van der Waals surface area contributed by atoms with E-state index in [1.54, 1.807) is 0 Å². The fourth-order valence-corrected chi connectivity index (χ4v) is 2.85. The smallest absolute Gasteiger partial charge is 0.128 e. The molecule has 1 aromatic rings. The minimum absolute atomic E-state index is 0.275. The van der Waals surface area contributed by atoms with E-state index >= 15 is 0 Å². The maximum Gasteiger partial charge on any atom is 0.128 e. The Morgan fingerprint density at radius 1 is 1.25 bits per heavy atom. The maximum absolute atomic E-state index is 5.78. The number of nitrogens with zero attached hydrogens (tertiary/aromatic N) is 2. The molecule has 2 heterocycles.